The molecule has 3 rings (SSSR count). The van der Waals surface area contributed by atoms with E-state index in [9.17, 15) is 15.3 Å². The first-order valence-electron chi connectivity index (χ1n) is 17.2. The lowest BCUT2D eigenvalue weighted by Gasteiger charge is -2.63. The molecule has 256 valence electrons. The minimum Gasteiger partial charge on any atom is -0.394 e. The van der Waals surface area contributed by atoms with Gasteiger partial charge in [0, 0.05) is 5.54 Å². The number of hydrogen-bond donors (Lipinski definition) is 8. The maximum absolute atomic E-state index is 11.4. The van der Waals surface area contributed by atoms with Gasteiger partial charge < -0.3 is 42.1 Å². The van der Waals surface area contributed by atoms with Gasteiger partial charge in [-0.25, -0.2) is 0 Å². The lowest BCUT2D eigenvalue weighted by atomic mass is 9.46. The highest BCUT2D eigenvalue weighted by Crippen LogP contribution is 2.59. The minimum atomic E-state index is -1.21. The zero-order valence-corrected chi connectivity index (χ0v) is 29.0. The van der Waals surface area contributed by atoms with Crippen molar-refractivity contribution < 1.29 is 30.6 Å². The summed E-state index contributed by atoms with van der Waals surface area (Å²) in [6.07, 6.45) is 7.65. The van der Waals surface area contributed by atoms with Crippen LogP contribution in [0.15, 0.2) is 0 Å². The molecule has 0 radical (unpaired) electrons. The van der Waals surface area contributed by atoms with Gasteiger partial charge in [0.1, 0.15) is 0 Å². The third-order valence-electron chi connectivity index (χ3n) is 12.0. The topological polar surface area (TPSA) is 173 Å². The van der Waals surface area contributed by atoms with E-state index in [1.165, 1.54) is 0 Å². The lowest BCUT2D eigenvalue weighted by Crippen LogP contribution is -2.69. The fraction of sp³-hybridized carbons (Fsp3) is 1.00. The zero-order valence-electron chi connectivity index (χ0n) is 29.0. The predicted octanol–water partition coefficient (Wildman–Crippen LogP) is 3.81. The number of nitrogens with two attached hydrogens (primary N) is 2. The quantitative estimate of drug-likeness (QED) is 0.194. The van der Waals surface area contributed by atoms with Gasteiger partial charge in [-0.15, -0.1) is 0 Å². The molecule has 9 atom stereocenters. The van der Waals surface area contributed by atoms with E-state index < -0.39 is 47.7 Å². The van der Waals surface area contributed by atoms with Crippen molar-refractivity contribution in [3.05, 3.63) is 0 Å². The molecule has 10 N–H and O–H groups in total. The average Bonchev–Trinajstić information content (AvgIpc) is 2.90. The van der Waals surface area contributed by atoms with E-state index in [1.54, 1.807) is 0 Å². The molecule has 3 aliphatic rings. The molecule has 9 unspecified atom stereocenters. The van der Waals surface area contributed by atoms with Crippen LogP contribution >= 0.6 is 0 Å². The Labute approximate surface area is 263 Å². The average molecular weight is 615 g/mol. The van der Waals surface area contributed by atoms with Gasteiger partial charge in [-0.2, -0.15) is 0 Å². The molecule has 0 aromatic heterocycles. The molecule has 0 bridgehead atoms. The molecule has 3 saturated carbocycles. The molecule has 0 spiro atoms. The van der Waals surface area contributed by atoms with E-state index in [1.807, 2.05) is 20.8 Å². The largest absolute Gasteiger partial charge is 0.394 e. The van der Waals surface area contributed by atoms with Gasteiger partial charge in [0.2, 0.25) is 0 Å². The van der Waals surface area contributed by atoms with Crippen LogP contribution in [-0.2, 0) is 0 Å². The van der Waals surface area contributed by atoms with E-state index in [0.29, 0.717) is 35.5 Å². The first-order valence-corrected chi connectivity index (χ1v) is 17.2. The summed E-state index contributed by atoms with van der Waals surface area (Å²) in [7, 11) is 0. The Bertz CT molecular complexity index is 752. The van der Waals surface area contributed by atoms with Crippen LogP contribution < -0.4 is 11.5 Å². The first-order chi connectivity index (χ1) is 19.6. The van der Waals surface area contributed by atoms with Crippen molar-refractivity contribution in [1.82, 2.24) is 0 Å². The van der Waals surface area contributed by atoms with Crippen LogP contribution in [-0.4, -0.2) is 78.3 Å². The molecule has 0 heterocycles. The fourth-order valence-corrected chi connectivity index (χ4v) is 9.23. The van der Waals surface area contributed by atoms with Crippen LogP contribution in [0, 0.1) is 53.3 Å². The summed E-state index contributed by atoms with van der Waals surface area (Å²) in [6, 6.07) is 0. The molecule has 0 aliphatic heterocycles. The van der Waals surface area contributed by atoms with Crippen LogP contribution in [0.2, 0.25) is 0 Å². The van der Waals surface area contributed by atoms with Crippen molar-refractivity contribution in [2.45, 2.75) is 148 Å². The highest BCUT2D eigenvalue weighted by Gasteiger charge is 2.60. The van der Waals surface area contributed by atoms with Crippen LogP contribution in [0.4, 0.5) is 0 Å². The molecule has 0 aromatic rings. The van der Waals surface area contributed by atoms with Gasteiger partial charge in [-0.3, -0.25) is 0 Å². The Hall–Kier alpha value is -0.320. The number of aliphatic hydroxyl groups is 6. The second kappa shape index (κ2) is 14.6. The molecular formula is C35H70N2O6. The summed E-state index contributed by atoms with van der Waals surface area (Å²) in [5.41, 5.74) is 9.29. The smallest absolute Gasteiger partial charge is 0.0856 e. The van der Waals surface area contributed by atoms with Crippen LogP contribution in [0.5, 0.6) is 0 Å². The summed E-state index contributed by atoms with van der Waals surface area (Å²) in [5, 5.41) is 59.2. The van der Waals surface area contributed by atoms with E-state index in [2.05, 4.69) is 41.5 Å². The van der Waals surface area contributed by atoms with E-state index >= 15 is 0 Å². The van der Waals surface area contributed by atoms with Crippen molar-refractivity contribution >= 4 is 0 Å². The zero-order chi connectivity index (χ0) is 33.2. The molecule has 8 heteroatoms. The lowest BCUT2D eigenvalue weighted by molar-refractivity contribution is -0.147. The standard InChI is InChI=1S/C31H59NO3.C4H11NO3/c1-19(2)22-10-13-28(7,33)16-25(22)31(32,26-17-29(8,34)14-11-23(26)20(3)4)27-18-30(9,35)15-12-24(27)21(5)6;5-4(1-6,2-7)3-8/h19-27,33-35H,10-18,32H2,1-9H3;6-8H,1-3,5H2. The van der Waals surface area contributed by atoms with E-state index in [-0.39, 0.29) is 17.8 Å². The maximum Gasteiger partial charge on any atom is 0.0856 e. The van der Waals surface area contributed by atoms with Crippen molar-refractivity contribution in [3.8, 4) is 0 Å². The van der Waals surface area contributed by atoms with Gasteiger partial charge in [0.05, 0.1) is 42.2 Å². The summed E-state index contributed by atoms with van der Waals surface area (Å²) in [5.74, 6) is 3.31. The predicted molar refractivity (Wildman–Crippen MR) is 174 cm³/mol. The summed E-state index contributed by atoms with van der Waals surface area (Å²) < 4.78 is 0. The number of rotatable bonds is 9. The first kappa shape index (κ1) is 38.9. The second-order valence-corrected chi connectivity index (χ2v) is 17.1. The number of hydrogen-bond acceptors (Lipinski definition) is 8. The molecule has 0 saturated heterocycles. The van der Waals surface area contributed by atoms with Crippen molar-refractivity contribution in [2.24, 2.45) is 64.7 Å². The third kappa shape index (κ3) is 9.37. The molecule has 3 aliphatic carbocycles. The Morgan fingerprint density at radius 3 is 0.953 bits per heavy atom. The SMILES string of the molecule is CC(C)C1CCC(C)(O)CC1C(N)(C1CC(C)(O)CCC1C(C)C)C1CC(C)(O)CCC1C(C)C.NC(CO)(CO)CO. The van der Waals surface area contributed by atoms with Crippen molar-refractivity contribution in [3.63, 3.8) is 0 Å². The van der Waals surface area contributed by atoms with Crippen molar-refractivity contribution in [2.75, 3.05) is 19.8 Å². The number of aliphatic hydroxyl groups excluding tert-OH is 3. The molecule has 0 aromatic carbocycles. The third-order valence-corrected chi connectivity index (χ3v) is 12.0. The van der Waals surface area contributed by atoms with Gasteiger partial charge >= 0.3 is 0 Å². The van der Waals surface area contributed by atoms with Gasteiger partial charge in [0.25, 0.3) is 0 Å². The normalized spacial score (nSPS) is 40.7. The van der Waals surface area contributed by atoms with Crippen LogP contribution in [0.1, 0.15) is 120 Å². The van der Waals surface area contributed by atoms with Crippen LogP contribution in [0.25, 0.3) is 0 Å². The molecule has 8 nitrogen and oxygen atoms in total. The summed E-state index contributed by atoms with van der Waals surface area (Å²) >= 11 is 0. The van der Waals surface area contributed by atoms with Gasteiger partial charge in [0.15, 0.2) is 0 Å². The Kier molecular flexibility index (Phi) is 13.2. The van der Waals surface area contributed by atoms with Crippen molar-refractivity contribution in [1.29, 1.82) is 0 Å². The summed E-state index contributed by atoms with van der Waals surface area (Å²) in [4.78, 5) is 0. The highest BCUT2D eigenvalue weighted by molar-refractivity contribution is 5.14. The minimum absolute atomic E-state index is 0.173. The Morgan fingerprint density at radius 2 is 0.791 bits per heavy atom. The van der Waals surface area contributed by atoms with E-state index in [4.69, 9.17) is 26.8 Å². The Morgan fingerprint density at radius 1 is 0.558 bits per heavy atom. The monoisotopic (exact) mass is 615 g/mol. The molecular weight excluding hydrogens is 544 g/mol. The summed E-state index contributed by atoms with van der Waals surface area (Å²) in [6.45, 7) is 18.8. The van der Waals surface area contributed by atoms with E-state index in [0.717, 1.165) is 57.8 Å². The van der Waals surface area contributed by atoms with Crippen LogP contribution in [0.3, 0.4) is 0 Å². The van der Waals surface area contributed by atoms with Gasteiger partial charge in [-0.1, -0.05) is 41.5 Å². The highest BCUT2D eigenvalue weighted by atomic mass is 16.3. The molecule has 43 heavy (non-hydrogen) atoms. The Balaban J connectivity index is 0.000000708. The maximum atomic E-state index is 11.4. The molecule has 0 amide bonds. The fourth-order valence-electron chi connectivity index (χ4n) is 9.23. The second-order valence-electron chi connectivity index (χ2n) is 17.1. The van der Waals surface area contributed by atoms with Gasteiger partial charge in [-0.05, 0) is 132 Å². The molecule has 3 fully saturated rings.